The number of carbonyl (C=O) groups excluding carboxylic acids is 1. The van der Waals surface area contributed by atoms with Crippen molar-refractivity contribution in [3.05, 3.63) is 64.1 Å². The normalized spacial score (nSPS) is 18.2. The molecule has 1 aliphatic rings. The van der Waals surface area contributed by atoms with Crippen LogP contribution in [-0.2, 0) is 21.2 Å². The van der Waals surface area contributed by atoms with Gasteiger partial charge in [0.25, 0.3) is 5.91 Å². The van der Waals surface area contributed by atoms with Crippen LogP contribution in [0.15, 0.2) is 53.0 Å². The molecule has 0 aliphatic carbocycles. The molecule has 3 rings (SSSR count). The van der Waals surface area contributed by atoms with Crippen molar-refractivity contribution in [2.75, 3.05) is 18.1 Å². The summed E-state index contributed by atoms with van der Waals surface area (Å²) >= 11 is 3.43. The number of ether oxygens (including phenoxy) is 1. The maximum absolute atomic E-state index is 12.9. The lowest BCUT2D eigenvalue weighted by Gasteiger charge is -2.28. The van der Waals surface area contributed by atoms with Gasteiger partial charge >= 0.3 is 0 Å². The van der Waals surface area contributed by atoms with E-state index in [4.69, 9.17) is 4.74 Å². The van der Waals surface area contributed by atoms with Crippen molar-refractivity contribution in [3.8, 4) is 5.75 Å². The molecule has 1 unspecified atom stereocenters. The first-order valence-electron chi connectivity index (χ1n) is 8.76. The Morgan fingerprint density at radius 3 is 2.59 bits per heavy atom. The van der Waals surface area contributed by atoms with Crippen LogP contribution in [0.25, 0.3) is 0 Å². The van der Waals surface area contributed by atoms with Crippen LogP contribution in [0.5, 0.6) is 5.75 Å². The number of hydrogen-bond donors (Lipinski definition) is 0. The smallest absolute Gasteiger partial charge is 0.261 e. The third-order valence-corrected chi connectivity index (χ3v) is 6.84. The van der Waals surface area contributed by atoms with Crippen LogP contribution in [0, 0.1) is 6.92 Å². The summed E-state index contributed by atoms with van der Waals surface area (Å²) < 4.78 is 30.4. The molecule has 0 saturated carbocycles. The summed E-state index contributed by atoms with van der Waals surface area (Å²) in [6.07, 6.45) is 0.465. The predicted octanol–water partition coefficient (Wildman–Crippen LogP) is 3.35. The lowest BCUT2D eigenvalue weighted by molar-refractivity contribution is -0.136. The fourth-order valence-electron chi connectivity index (χ4n) is 3.14. The van der Waals surface area contributed by atoms with Gasteiger partial charge in [-0.3, -0.25) is 4.79 Å². The summed E-state index contributed by atoms with van der Waals surface area (Å²) in [4.78, 5) is 14.5. The molecule has 0 bridgehead atoms. The van der Waals surface area contributed by atoms with Gasteiger partial charge in [-0.1, -0.05) is 45.8 Å². The van der Waals surface area contributed by atoms with E-state index in [9.17, 15) is 13.2 Å². The van der Waals surface area contributed by atoms with Crippen molar-refractivity contribution in [2.45, 2.75) is 25.9 Å². The first kappa shape index (κ1) is 19.9. The van der Waals surface area contributed by atoms with E-state index in [-0.39, 0.29) is 30.1 Å². The van der Waals surface area contributed by atoms with E-state index in [0.29, 0.717) is 18.7 Å². The lowest BCUT2D eigenvalue weighted by atomic mass is 10.1. The number of aryl methyl sites for hydroxylation is 1. The van der Waals surface area contributed by atoms with Gasteiger partial charge in [-0.15, -0.1) is 0 Å². The van der Waals surface area contributed by atoms with Crippen molar-refractivity contribution in [3.63, 3.8) is 0 Å². The summed E-state index contributed by atoms with van der Waals surface area (Å²) in [5, 5.41) is 0. The SMILES string of the molecule is Cc1ccc(OCC(=O)N(Cc2cccc(Br)c2)C2CCS(=O)(=O)C2)cc1. The molecule has 0 aromatic heterocycles. The van der Waals surface area contributed by atoms with Crippen LogP contribution >= 0.6 is 15.9 Å². The van der Waals surface area contributed by atoms with Crippen LogP contribution < -0.4 is 4.74 Å². The van der Waals surface area contributed by atoms with Crippen molar-refractivity contribution in [1.29, 1.82) is 0 Å². The largest absolute Gasteiger partial charge is 0.484 e. The minimum Gasteiger partial charge on any atom is -0.484 e. The van der Waals surface area contributed by atoms with Gasteiger partial charge in [0.1, 0.15) is 5.75 Å². The van der Waals surface area contributed by atoms with E-state index < -0.39 is 9.84 Å². The Kier molecular flexibility index (Phi) is 6.22. The molecule has 1 amide bonds. The maximum Gasteiger partial charge on any atom is 0.261 e. The summed E-state index contributed by atoms with van der Waals surface area (Å²) in [6, 6.07) is 14.8. The Labute approximate surface area is 168 Å². The van der Waals surface area contributed by atoms with Gasteiger partial charge in [0.2, 0.25) is 0 Å². The van der Waals surface area contributed by atoms with Crippen molar-refractivity contribution < 1.29 is 17.9 Å². The number of benzene rings is 2. The zero-order valence-corrected chi connectivity index (χ0v) is 17.5. The molecule has 1 fully saturated rings. The first-order chi connectivity index (χ1) is 12.8. The third kappa shape index (κ3) is 5.56. The monoisotopic (exact) mass is 451 g/mol. The van der Waals surface area contributed by atoms with Gasteiger partial charge in [0.15, 0.2) is 16.4 Å². The number of hydrogen-bond acceptors (Lipinski definition) is 4. The molecule has 0 N–H and O–H groups in total. The second-order valence-corrected chi connectivity index (χ2v) is 9.95. The third-order valence-electron chi connectivity index (χ3n) is 4.59. The zero-order valence-electron chi connectivity index (χ0n) is 15.1. The van der Waals surface area contributed by atoms with E-state index in [1.165, 1.54) is 0 Å². The molecule has 7 heteroatoms. The Bertz CT molecular complexity index is 912. The Balaban J connectivity index is 1.73. The van der Waals surface area contributed by atoms with Gasteiger partial charge in [-0.25, -0.2) is 8.42 Å². The highest BCUT2D eigenvalue weighted by molar-refractivity contribution is 9.10. The Morgan fingerprint density at radius 2 is 1.96 bits per heavy atom. The summed E-state index contributed by atoms with van der Waals surface area (Å²) in [6.45, 7) is 2.22. The Hall–Kier alpha value is -1.86. The van der Waals surface area contributed by atoms with E-state index >= 15 is 0 Å². The molecule has 0 spiro atoms. The van der Waals surface area contributed by atoms with Gasteiger partial charge in [0.05, 0.1) is 11.5 Å². The van der Waals surface area contributed by atoms with Crippen LogP contribution in [0.1, 0.15) is 17.5 Å². The molecule has 2 aromatic carbocycles. The minimum atomic E-state index is -3.09. The van der Waals surface area contributed by atoms with Gasteiger partial charge in [-0.2, -0.15) is 0 Å². The average molecular weight is 452 g/mol. The van der Waals surface area contributed by atoms with Crippen molar-refractivity contribution in [2.24, 2.45) is 0 Å². The number of halogens is 1. The standard InChI is InChI=1S/C20H22BrNO4S/c1-15-5-7-19(8-6-15)26-13-20(23)22(18-9-10-27(24,25)14-18)12-16-3-2-4-17(21)11-16/h2-8,11,18H,9-10,12-14H2,1H3. The summed E-state index contributed by atoms with van der Waals surface area (Å²) in [5.41, 5.74) is 2.05. The van der Waals surface area contributed by atoms with Crippen LogP contribution in [0.3, 0.4) is 0 Å². The van der Waals surface area contributed by atoms with E-state index in [2.05, 4.69) is 15.9 Å². The number of sulfone groups is 1. The Morgan fingerprint density at radius 1 is 1.22 bits per heavy atom. The minimum absolute atomic E-state index is 0.0112. The number of carbonyl (C=O) groups is 1. The summed E-state index contributed by atoms with van der Waals surface area (Å²) in [7, 11) is -3.09. The first-order valence-corrected chi connectivity index (χ1v) is 11.4. The number of rotatable bonds is 6. The quantitative estimate of drug-likeness (QED) is 0.675. The van der Waals surface area contributed by atoms with Gasteiger partial charge in [0, 0.05) is 17.1 Å². The molecule has 1 saturated heterocycles. The van der Waals surface area contributed by atoms with E-state index in [0.717, 1.165) is 15.6 Å². The lowest BCUT2D eigenvalue weighted by Crippen LogP contribution is -2.43. The molecule has 0 radical (unpaired) electrons. The molecule has 1 heterocycles. The van der Waals surface area contributed by atoms with Gasteiger partial charge in [-0.05, 0) is 43.2 Å². The number of nitrogens with zero attached hydrogens (tertiary/aromatic N) is 1. The van der Waals surface area contributed by atoms with Crippen LogP contribution in [-0.4, -0.2) is 43.4 Å². The van der Waals surface area contributed by atoms with Gasteiger partial charge < -0.3 is 9.64 Å². The second kappa shape index (κ2) is 8.44. The maximum atomic E-state index is 12.9. The number of amides is 1. The topological polar surface area (TPSA) is 63.7 Å². The van der Waals surface area contributed by atoms with E-state index in [1.807, 2.05) is 55.5 Å². The van der Waals surface area contributed by atoms with Crippen LogP contribution in [0.4, 0.5) is 0 Å². The predicted molar refractivity (Wildman–Crippen MR) is 108 cm³/mol. The highest BCUT2D eigenvalue weighted by Crippen LogP contribution is 2.22. The van der Waals surface area contributed by atoms with Crippen molar-refractivity contribution >= 4 is 31.7 Å². The molecule has 1 aliphatic heterocycles. The van der Waals surface area contributed by atoms with E-state index in [1.54, 1.807) is 4.90 Å². The molecule has 2 aromatic rings. The highest BCUT2D eigenvalue weighted by atomic mass is 79.9. The average Bonchev–Trinajstić information content (AvgIpc) is 2.98. The highest BCUT2D eigenvalue weighted by Gasteiger charge is 2.34. The zero-order chi connectivity index (χ0) is 19.4. The van der Waals surface area contributed by atoms with Crippen molar-refractivity contribution in [1.82, 2.24) is 4.90 Å². The molecular formula is C20H22BrNO4S. The van der Waals surface area contributed by atoms with Crippen LogP contribution in [0.2, 0.25) is 0 Å². The molecule has 144 valence electrons. The molecule has 1 atom stereocenters. The molecule has 5 nitrogen and oxygen atoms in total. The molecule has 27 heavy (non-hydrogen) atoms. The molecular weight excluding hydrogens is 430 g/mol. The summed E-state index contributed by atoms with van der Waals surface area (Å²) in [5.74, 6) is 0.545. The second-order valence-electron chi connectivity index (χ2n) is 6.81. The fourth-order valence-corrected chi connectivity index (χ4v) is 5.31. The fraction of sp³-hybridized carbons (Fsp3) is 0.350.